The largest absolute Gasteiger partial charge is 0.487 e. The van der Waals surface area contributed by atoms with Gasteiger partial charge < -0.3 is 10.5 Å². The highest BCUT2D eigenvalue weighted by molar-refractivity contribution is 5.46. The molecule has 0 unspecified atom stereocenters. The maximum atomic E-state index is 5.74. The molecule has 0 aliphatic heterocycles. The number of rotatable bonds is 3. The molecule has 92 valence electrons. The molecule has 2 N–H and O–H groups in total. The highest BCUT2D eigenvalue weighted by atomic mass is 16.5. The molecule has 0 bridgehead atoms. The molecule has 0 amide bonds. The minimum absolute atomic E-state index is 0.344. The number of aryl methyl sites for hydroxylation is 1. The van der Waals surface area contributed by atoms with E-state index in [1.807, 2.05) is 37.5 Å². The van der Waals surface area contributed by atoms with Gasteiger partial charge in [-0.25, -0.2) is 0 Å². The monoisotopic (exact) mass is 241 g/mol. The zero-order valence-electron chi connectivity index (χ0n) is 10.3. The Morgan fingerprint density at radius 1 is 1.39 bits per heavy atom. The Labute approximate surface area is 106 Å². The first kappa shape index (κ1) is 12.2. The first-order valence-electron chi connectivity index (χ1n) is 5.68. The van der Waals surface area contributed by atoms with Gasteiger partial charge in [-0.2, -0.15) is 5.10 Å². The minimum atomic E-state index is 0.344. The molecule has 0 atom stereocenters. The number of nitrogens with two attached hydrogens (primary N) is 1. The zero-order valence-corrected chi connectivity index (χ0v) is 10.3. The Morgan fingerprint density at radius 3 is 2.94 bits per heavy atom. The lowest BCUT2D eigenvalue weighted by atomic mass is 10.2. The highest BCUT2D eigenvalue weighted by Crippen LogP contribution is 2.18. The van der Waals surface area contributed by atoms with Crippen LogP contribution in [0.3, 0.4) is 0 Å². The number of para-hydroxylation sites is 1. The van der Waals surface area contributed by atoms with Crippen LogP contribution in [0.4, 0.5) is 0 Å². The predicted octanol–water partition coefficient (Wildman–Crippen LogP) is 1.31. The van der Waals surface area contributed by atoms with Crippen LogP contribution in [-0.2, 0) is 13.7 Å². The normalized spacial score (nSPS) is 9.67. The van der Waals surface area contributed by atoms with Crippen LogP contribution in [-0.4, -0.2) is 16.3 Å². The van der Waals surface area contributed by atoms with E-state index in [2.05, 4.69) is 16.9 Å². The SMILES string of the molecule is Cn1cc(COc2ccccc2C#CCN)cn1. The van der Waals surface area contributed by atoms with Crippen molar-refractivity contribution >= 4 is 0 Å². The Balaban J connectivity index is 2.09. The van der Waals surface area contributed by atoms with Gasteiger partial charge in [0.05, 0.1) is 18.3 Å². The summed E-state index contributed by atoms with van der Waals surface area (Å²) in [6.45, 7) is 0.825. The maximum absolute atomic E-state index is 5.74. The Hall–Kier alpha value is -2.25. The molecular weight excluding hydrogens is 226 g/mol. The van der Waals surface area contributed by atoms with E-state index in [9.17, 15) is 0 Å². The van der Waals surface area contributed by atoms with Gasteiger partial charge in [-0.3, -0.25) is 4.68 Å². The van der Waals surface area contributed by atoms with Gasteiger partial charge in [0.1, 0.15) is 12.4 Å². The van der Waals surface area contributed by atoms with Crippen LogP contribution in [0.15, 0.2) is 36.7 Å². The van der Waals surface area contributed by atoms with Gasteiger partial charge in [-0.15, -0.1) is 0 Å². The van der Waals surface area contributed by atoms with E-state index in [0.717, 1.165) is 16.9 Å². The molecular formula is C14H15N3O. The molecule has 2 aromatic rings. The Kier molecular flexibility index (Phi) is 4.00. The smallest absolute Gasteiger partial charge is 0.135 e. The van der Waals surface area contributed by atoms with Crippen LogP contribution >= 0.6 is 0 Å². The molecule has 0 aliphatic rings. The van der Waals surface area contributed by atoms with E-state index in [1.165, 1.54) is 0 Å². The lowest BCUT2D eigenvalue weighted by molar-refractivity contribution is 0.305. The molecule has 0 saturated carbocycles. The molecule has 2 rings (SSSR count). The van der Waals surface area contributed by atoms with Crippen LogP contribution in [0.25, 0.3) is 0 Å². The highest BCUT2D eigenvalue weighted by Gasteiger charge is 2.02. The van der Waals surface area contributed by atoms with Gasteiger partial charge >= 0.3 is 0 Å². The van der Waals surface area contributed by atoms with Gasteiger partial charge in [-0.1, -0.05) is 24.0 Å². The topological polar surface area (TPSA) is 53.1 Å². The van der Waals surface area contributed by atoms with Crippen molar-refractivity contribution in [2.24, 2.45) is 12.8 Å². The average molecular weight is 241 g/mol. The minimum Gasteiger partial charge on any atom is -0.487 e. The quantitative estimate of drug-likeness (QED) is 0.824. The molecule has 18 heavy (non-hydrogen) atoms. The van der Waals surface area contributed by atoms with E-state index >= 15 is 0 Å². The third kappa shape index (κ3) is 3.12. The van der Waals surface area contributed by atoms with E-state index in [-0.39, 0.29) is 0 Å². The fourth-order valence-electron chi connectivity index (χ4n) is 1.55. The lowest BCUT2D eigenvalue weighted by Crippen LogP contribution is -1.97. The fraction of sp³-hybridized carbons (Fsp3) is 0.214. The van der Waals surface area contributed by atoms with Crippen molar-refractivity contribution in [3.63, 3.8) is 0 Å². The zero-order chi connectivity index (χ0) is 12.8. The third-order valence-electron chi connectivity index (χ3n) is 2.36. The lowest BCUT2D eigenvalue weighted by Gasteiger charge is -2.06. The van der Waals surface area contributed by atoms with Crippen LogP contribution in [0.2, 0.25) is 0 Å². The molecule has 0 saturated heterocycles. The predicted molar refractivity (Wildman–Crippen MR) is 69.9 cm³/mol. The molecule has 1 aromatic carbocycles. The summed E-state index contributed by atoms with van der Waals surface area (Å²) >= 11 is 0. The van der Waals surface area contributed by atoms with Crippen molar-refractivity contribution in [3.8, 4) is 17.6 Å². The summed E-state index contributed by atoms with van der Waals surface area (Å²) in [6, 6.07) is 7.67. The number of benzene rings is 1. The van der Waals surface area contributed by atoms with Crippen molar-refractivity contribution in [1.82, 2.24) is 9.78 Å². The summed E-state index contributed by atoms with van der Waals surface area (Å²) in [5.74, 6) is 6.59. The molecule has 0 fully saturated rings. The van der Waals surface area contributed by atoms with Gasteiger partial charge in [-0.05, 0) is 12.1 Å². The second-order valence-corrected chi connectivity index (χ2v) is 3.81. The standard InChI is InChI=1S/C14H15N3O/c1-17-10-12(9-16-17)11-18-14-7-3-2-5-13(14)6-4-8-15/h2-3,5,7,9-10H,8,11,15H2,1H3. The molecule has 0 spiro atoms. The van der Waals surface area contributed by atoms with Gasteiger partial charge in [0.2, 0.25) is 0 Å². The van der Waals surface area contributed by atoms with Crippen molar-refractivity contribution in [2.75, 3.05) is 6.54 Å². The van der Waals surface area contributed by atoms with Crippen LogP contribution in [0.1, 0.15) is 11.1 Å². The summed E-state index contributed by atoms with van der Waals surface area (Å²) in [7, 11) is 1.88. The van der Waals surface area contributed by atoms with Crippen LogP contribution in [0, 0.1) is 11.8 Å². The summed E-state index contributed by atoms with van der Waals surface area (Å²) in [5, 5.41) is 4.09. The summed E-state index contributed by atoms with van der Waals surface area (Å²) < 4.78 is 7.49. The number of aromatic nitrogens is 2. The number of hydrogen-bond acceptors (Lipinski definition) is 3. The Morgan fingerprint density at radius 2 is 2.22 bits per heavy atom. The molecule has 4 nitrogen and oxygen atoms in total. The summed E-state index contributed by atoms with van der Waals surface area (Å²) in [4.78, 5) is 0. The molecule has 1 heterocycles. The molecule has 1 aromatic heterocycles. The maximum Gasteiger partial charge on any atom is 0.135 e. The van der Waals surface area contributed by atoms with Crippen molar-refractivity contribution in [3.05, 3.63) is 47.8 Å². The van der Waals surface area contributed by atoms with Crippen molar-refractivity contribution in [1.29, 1.82) is 0 Å². The van der Waals surface area contributed by atoms with Gasteiger partial charge in [0, 0.05) is 18.8 Å². The number of nitrogens with zero attached hydrogens (tertiary/aromatic N) is 2. The van der Waals surface area contributed by atoms with Crippen LogP contribution in [0.5, 0.6) is 5.75 Å². The van der Waals surface area contributed by atoms with E-state index in [4.69, 9.17) is 10.5 Å². The summed E-state index contributed by atoms with van der Waals surface area (Å²) in [6.07, 6.45) is 3.71. The van der Waals surface area contributed by atoms with Gasteiger partial charge in [0.25, 0.3) is 0 Å². The van der Waals surface area contributed by atoms with E-state index < -0.39 is 0 Å². The third-order valence-corrected chi connectivity index (χ3v) is 2.36. The number of ether oxygens (including phenoxy) is 1. The summed E-state index contributed by atoms with van der Waals surface area (Å²) in [5.41, 5.74) is 7.25. The van der Waals surface area contributed by atoms with Crippen LogP contribution < -0.4 is 10.5 Å². The molecule has 0 radical (unpaired) electrons. The molecule has 0 aliphatic carbocycles. The first-order valence-corrected chi connectivity index (χ1v) is 5.68. The van der Waals surface area contributed by atoms with E-state index in [0.29, 0.717) is 13.2 Å². The second kappa shape index (κ2) is 5.89. The van der Waals surface area contributed by atoms with Crippen molar-refractivity contribution in [2.45, 2.75) is 6.61 Å². The first-order chi connectivity index (χ1) is 8.79. The number of hydrogen-bond donors (Lipinski definition) is 1. The second-order valence-electron chi connectivity index (χ2n) is 3.81. The fourth-order valence-corrected chi connectivity index (χ4v) is 1.55. The van der Waals surface area contributed by atoms with E-state index in [1.54, 1.807) is 10.9 Å². The van der Waals surface area contributed by atoms with Gasteiger partial charge in [0.15, 0.2) is 0 Å². The Bertz CT molecular complexity index is 578. The molecule has 4 heteroatoms. The average Bonchev–Trinajstić information content (AvgIpc) is 2.81. The van der Waals surface area contributed by atoms with Crippen molar-refractivity contribution < 1.29 is 4.74 Å².